The number of carboxylic acid groups (broad SMARTS) is 2. The zero-order chi connectivity index (χ0) is 36.6. The van der Waals surface area contributed by atoms with Gasteiger partial charge >= 0.3 is 11.9 Å². The highest BCUT2D eigenvalue weighted by Gasteiger charge is 2.33. The van der Waals surface area contributed by atoms with Crippen molar-refractivity contribution in [2.24, 2.45) is 23.1 Å². The first kappa shape index (κ1) is 44.5. The Labute approximate surface area is 286 Å². The van der Waals surface area contributed by atoms with Gasteiger partial charge in [-0.05, 0) is 76.0 Å². The molecule has 0 heterocycles. The standard InChI is InChI=1S/C30H56N8O9S/c1-4-18(2)25(38-26(43)19(33)9-5-7-14-31)30(47)37-21(11-12-23(39)40)29(46)35-20(10-6-8-15-32)28(45)36-22(13-16-48-3)27(44)34-17-24(41)42/h18-22,25H,4-17,31-33H2,1-3H3,(H,34,44)(H,35,46)(H,36,45)(H,37,47)(H,38,43)(H,39,40)(H,41,42)/t18-,19-,20-,21-,22-,25-/m0/s1. The molecule has 0 spiro atoms. The van der Waals surface area contributed by atoms with Crippen molar-refractivity contribution in [3.8, 4) is 0 Å². The molecule has 0 fully saturated rings. The van der Waals surface area contributed by atoms with Crippen LogP contribution in [0.15, 0.2) is 0 Å². The summed E-state index contributed by atoms with van der Waals surface area (Å²) in [6, 6.07) is -5.67. The summed E-state index contributed by atoms with van der Waals surface area (Å²) >= 11 is 1.41. The molecular weight excluding hydrogens is 648 g/mol. The molecule has 0 aliphatic carbocycles. The monoisotopic (exact) mass is 704 g/mol. The van der Waals surface area contributed by atoms with E-state index >= 15 is 0 Å². The predicted octanol–water partition coefficient (Wildman–Crippen LogP) is -1.62. The largest absolute Gasteiger partial charge is 0.481 e. The van der Waals surface area contributed by atoms with Crippen LogP contribution in [0.1, 0.15) is 78.1 Å². The zero-order valence-electron chi connectivity index (χ0n) is 28.3. The first-order valence-corrected chi connectivity index (χ1v) is 17.7. The molecule has 0 aromatic carbocycles. The van der Waals surface area contributed by atoms with Crippen LogP contribution in [0.3, 0.4) is 0 Å². The lowest BCUT2D eigenvalue weighted by Gasteiger charge is -2.28. The van der Waals surface area contributed by atoms with Gasteiger partial charge in [-0.1, -0.05) is 26.7 Å². The van der Waals surface area contributed by atoms with Crippen LogP contribution in [-0.2, 0) is 33.6 Å². The van der Waals surface area contributed by atoms with Gasteiger partial charge in [0.05, 0.1) is 6.04 Å². The van der Waals surface area contributed by atoms with Crippen molar-refractivity contribution in [3.63, 3.8) is 0 Å². The first-order valence-electron chi connectivity index (χ1n) is 16.3. The van der Waals surface area contributed by atoms with E-state index in [1.54, 1.807) is 13.2 Å². The van der Waals surface area contributed by atoms with Crippen molar-refractivity contribution in [3.05, 3.63) is 0 Å². The molecule has 0 rings (SSSR count). The highest BCUT2D eigenvalue weighted by atomic mass is 32.2. The Morgan fingerprint density at radius 2 is 1.19 bits per heavy atom. The molecule has 17 nitrogen and oxygen atoms in total. The highest BCUT2D eigenvalue weighted by Crippen LogP contribution is 2.12. The topological polar surface area (TPSA) is 298 Å². The van der Waals surface area contributed by atoms with Gasteiger partial charge < -0.3 is 54.0 Å². The second-order valence-corrected chi connectivity index (χ2v) is 12.5. The molecule has 0 saturated carbocycles. The van der Waals surface area contributed by atoms with Gasteiger partial charge in [-0.3, -0.25) is 33.6 Å². The van der Waals surface area contributed by atoms with E-state index in [-0.39, 0.29) is 25.2 Å². The molecule has 13 N–H and O–H groups in total. The van der Waals surface area contributed by atoms with Crippen LogP contribution < -0.4 is 43.8 Å². The fourth-order valence-electron chi connectivity index (χ4n) is 4.50. The molecule has 0 aromatic rings. The summed E-state index contributed by atoms with van der Waals surface area (Å²) in [6.07, 6.45) is 4.33. The number of aliphatic carboxylic acids is 2. The number of hydrogen-bond donors (Lipinski definition) is 10. The van der Waals surface area contributed by atoms with E-state index in [9.17, 15) is 38.7 Å². The molecule has 6 atom stereocenters. The number of nitrogens with one attached hydrogen (secondary N) is 5. The Bertz CT molecular complexity index is 1050. The zero-order valence-corrected chi connectivity index (χ0v) is 29.1. The van der Waals surface area contributed by atoms with Gasteiger partial charge in [-0.25, -0.2) is 0 Å². The third kappa shape index (κ3) is 18.8. The molecule has 0 radical (unpaired) electrons. The average molecular weight is 705 g/mol. The summed E-state index contributed by atoms with van der Waals surface area (Å²) in [7, 11) is 0. The number of unbranched alkanes of at least 4 members (excludes halogenated alkanes) is 2. The minimum absolute atomic E-state index is 0.105. The fraction of sp³-hybridized carbons (Fsp3) is 0.767. The van der Waals surface area contributed by atoms with E-state index < -0.39 is 84.6 Å². The number of amides is 5. The Balaban J connectivity index is 6.06. The molecule has 0 aliphatic heterocycles. The summed E-state index contributed by atoms with van der Waals surface area (Å²) < 4.78 is 0. The molecule has 0 bridgehead atoms. The maximum atomic E-state index is 13.6. The van der Waals surface area contributed by atoms with Crippen molar-refractivity contribution in [1.29, 1.82) is 0 Å². The Hall–Kier alpha value is -3.48. The van der Waals surface area contributed by atoms with Crippen molar-refractivity contribution >= 4 is 53.2 Å². The van der Waals surface area contributed by atoms with E-state index in [0.717, 1.165) is 0 Å². The number of thioether (sulfide) groups is 1. The fourth-order valence-corrected chi connectivity index (χ4v) is 4.97. The van der Waals surface area contributed by atoms with E-state index in [2.05, 4.69) is 26.6 Å². The van der Waals surface area contributed by atoms with Crippen LogP contribution in [0.4, 0.5) is 0 Å². The second-order valence-electron chi connectivity index (χ2n) is 11.6. The van der Waals surface area contributed by atoms with Crippen LogP contribution >= 0.6 is 11.8 Å². The quantitative estimate of drug-likeness (QED) is 0.0431. The van der Waals surface area contributed by atoms with E-state index in [1.807, 2.05) is 6.92 Å². The number of hydrogen-bond acceptors (Lipinski definition) is 11. The van der Waals surface area contributed by atoms with Crippen LogP contribution in [0.25, 0.3) is 0 Å². The Morgan fingerprint density at radius 3 is 1.69 bits per heavy atom. The molecular formula is C30H56N8O9S. The summed E-state index contributed by atoms with van der Waals surface area (Å²) in [5.41, 5.74) is 17.1. The first-order chi connectivity index (χ1) is 22.7. The number of carbonyl (C=O) groups excluding carboxylic acids is 5. The number of nitrogens with two attached hydrogens (primary N) is 3. The van der Waals surface area contributed by atoms with Gasteiger partial charge in [-0.15, -0.1) is 0 Å². The molecule has 0 saturated heterocycles. The Morgan fingerprint density at radius 1 is 0.667 bits per heavy atom. The van der Waals surface area contributed by atoms with Crippen molar-refractivity contribution in [2.45, 2.75) is 108 Å². The molecule has 5 amide bonds. The van der Waals surface area contributed by atoms with E-state index in [4.69, 9.17) is 22.3 Å². The summed E-state index contributed by atoms with van der Waals surface area (Å²) in [5.74, 6) is -5.98. The lowest BCUT2D eigenvalue weighted by Crippen LogP contribution is -2.60. The van der Waals surface area contributed by atoms with Gasteiger partial charge in [0, 0.05) is 6.42 Å². The van der Waals surface area contributed by atoms with Gasteiger partial charge in [0.2, 0.25) is 29.5 Å². The van der Waals surface area contributed by atoms with E-state index in [0.29, 0.717) is 57.4 Å². The number of carboxylic acids is 2. The highest BCUT2D eigenvalue weighted by molar-refractivity contribution is 7.98. The molecule has 0 unspecified atom stereocenters. The van der Waals surface area contributed by atoms with Crippen LogP contribution in [0.2, 0.25) is 0 Å². The predicted molar refractivity (Wildman–Crippen MR) is 181 cm³/mol. The third-order valence-corrected chi connectivity index (χ3v) is 8.26. The minimum atomic E-state index is -1.40. The lowest BCUT2D eigenvalue weighted by atomic mass is 9.96. The van der Waals surface area contributed by atoms with Gasteiger partial charge in [0.1, 0.15) is 30.7 Å². The maximum absolute atomic E-state index is 13.6. The van der Waals surface area contributed by atoms with Crippen molar-refractivity contribution in [2.75, 3.05) is 31.6 Å². The van der Waals surface area contributed by atoms with Crippen LogP contribution in [-0.4, -0.2) is 114 Å². The average Bonchev–Trinajstić information content (AvgIpc) is 3.04. The van der Waals surface area contributed by atoms with Gasteiger partial charge in [-0.2, -0.15) is 11.8 Å². The summed E-state index contributed by atoms with van der Waals surface area (Å²) in [6.45, 7) is 3.65. The van der Waals surface area contributed by atoms with Gasteiger partial charge in [0.15, 0.2) is 0 Å². The number of rotatable bonds is 27. The van der Waals surface area contributed by atoms with Crippen LogP contribution in [0.5, 0.6) is 0 Å². The van der Waals surface area contributed by atoms with Gasteiger partial charge in [0.25, 0.3) is 0 Å². The second kappa shape index (κ2) is 25.5. The van der Waals surface area contributed by atoms with Crippen molar-refractivity contribution in [1.82, 2.24) is 26.6 Å². The number of carbonyl (C=O) groups is 7. The molecule has 276 valence electrons. The normalized spacial score (nSPS) is 14.7. The summed E-state index contributed by atoms with van der Waals surface area (Å²) in [5, 5.41) is 30.8. The molecule has 0 aromatic heterocycles. The maximum Gasteiger partial charge on any atom is 0.322 e. The Kier molecular flexibility index (Phi) is 23.7. The van der Waals surface area contributed by atoms with Crippen molar-refractivity contribution < 1.29 is 43.8 Å². The molecule has 48 heavy (non-hydrogen) atoms. The van der Waals surface area contributed by atoms with E-state index in [1.165, 1.54) is 11.8 Å². The smallest absolute Gasteiger partial charge is 0.322 e. The third-order valence-electron chi connectivity index (χ3n) is 7.62. The summed E-state index contributed by atoms with van der Waals surface area (Å²) in [4.78, 5) is 88.3. The lowest BCUT2D eigenvalue weighted by molar-refractivity contribution is -0.139. The SMILES string of the molecule is CC[C@H](C)[C@H](NC(=O)[C@@H](N)CCCCN)C(=O)N[C@@H](CCC(=O)O)C(=O)N[C@@H](CCCCN)C(=O)N[C@@H](CCSC)C(=O)NCC(=O)O. The molecule has 0 aliphatic rings. The minimum Gasteiger partial charge on any atom is -0.481 e. The van der Waals surface area contributed by atoms with Crippen LogP contribution in [0, 0.1) is 5.92 Å². The molecule has 18 heteroatoms.